The summed E-state index contributed by atoms with van der Waals surface area (Å²) in [6.07, 6.45) is 0.690. The van der Waals surface area contributed by atoms with Crippen molar-refractivity contribution in [1.82, 2.24) is 5.32 Å². The molecule has 0 saturated heterocycles. The minimum absolute atomic E-state index is 0.0329. The number of carbonyl (C=O) groups excluding carboxylic acids is 1. The molecule has 1 rings (SSSR count). The van der Waals surface area contributed by atoms with Crippen LogP contribution in [-0.2, 0) is 0 Å². The minimum atomic E-state index is -0.378. The number of nitrogens with one attached hydrogen (secondary N) is 1. The van der Waals surface area contributed by atoms with Crippen molar-refractivity contribution in [2.75, 3.05) is 5.88 Å². The standard InChI is InChI=1S/C14H18BrClFNO/c1-14(2,3)12(6-7-16)18-13(19)10-5-4-9(17)8-11(10)15/h4-5,8,12H,6-7H2,1-3H3,(H,18,19). The van der Waals surface area contributed by atoms with Gasteiger partial charge >= 0.3 is 0 Å². The van der Waals surface area contributed by atoms with Crippen molar-refractivity contribution in [2.24, 2.45) is 5.41 Å². The maximum absolute atomic E-state index is 13.0. The van der Waals surface area contributed by atoms with Gasteiger partial charge in [0, 0.05) is 16.4 Å². The van der Waals surface area contributed by atoms with E-state index in [9.17, 15) is 9.18 Å². The van der Waals surface area contributed by atoms with E-state index >= 15 is 0 Å². The molecule has 106 valence electrons. The lowest BCUT2D eigenvalue weighted by molar-refractivity contribution is 0.0899. The molecule has 0 fully saturated rings. The minimum Gasteiger partial charge on any atom is -0.349 e. The lowest BCUT2D eigenvalue weighted by atomic mass is 9.85. The molecule has 0 aliphatic carbocycles. The highest BCUT2D eigenvalue weighted by molar-refractivity contribution is 9.10. The van der Waals surface area contributed by atoms with Gasteiger partial charge in [-0.15, -0.1) is 11.6 Å². The van der Waals surface area contributed by atoms with E-state index in [0.29, 0.717) is 22.3 Å². The Hall–Kier alpha value is -0.610. The third-order valence-electron chi connectivity index (χ3n) is 2.92. The quantitative estimate of drug-likeness (QED) is 0.803. The number of amides is 1. The first-order valence-corrected chi connectivity index (χ1v) is 7.40. The summed E-state index contributed by atoms with van der Waals surface area (Å²) >= 11 is 8.97. The highest BCUT2D eigenvalue weighted by atomic mass is 79.9. The highest BCUT2D eigenvalue weighted by Crippen LogP contribution is 2.24. The lowest BCUT2D eigenvalue weighted by Crippen LogP contribution is -2.44. The van der Waals surface area contributed by atoms with E-state index in [-0.39, 0.29) is 23.2 Å². The van der Waals surface area contributed by atoms with Crippen LogP contribution >= 0.6 is 27.5 Å². The summed E-state index contributed by atoms with van der Waals surface area (Å²) in [5, 5.41) is 2.96. The Bertz CT molecular complexity index is 459. The maximum atomic E-state index is 13.0. The fourth-order valence-electron chi connectivity index (χ4n) is 1.74. The normalized spacial score (nSPS) is 13.2. The molecule has 1 N–H and O–H groups in total. The lowest BCUT2D eigenvalue weighted by Gasteiger charge is -2.31. The molecule has 5 heteroatoms. The van der Waals surface area contributed by atoms with Gasteiger partial charge in [-0.1, -0.05) is 20.8 Å². The Balaban J connectivity index is 2.88. The smallest absolute Gasteiger partial charge is 0.252 e. The zero-order valence-electron chi connectivity index (χ0n) is 11.3. The topological polar surface area (TPSA) is 29.1 Å². The average Bonchev–Trinajstić information content (AvgIpc) is 2.26. The van der Waals surface area contributed by atoms with Crippen molar-refractivity contribution in [3.63, 3.8) is 0 Å². The summed E-state index contributed by atoms with van der Waals surface area (Å²) in [5.41, 5.74) is 0.335. The molecule has 2 nitrogen and oxygen atoms in total. The number of carbonyl (C=O) groups is 1. The zero-order valence-corrected chi connectivity index (χ0v) is 13.6. The van der Waals surface area contributed by atoms with Crippen molar-refractivity contribution in [1.29, 1.82) is 0 Å². The Labute approximate surface area is 126 Å². The van der Waals surface area contributed by atoms with Gasteiger partial charge in [-0.2, -0.15) is 0 Å². The summed E-state index contributed by atoms with van der Waals surface area (Å²) in [6.45, 7) is 6.14. The number of rotatable bonds is 4. The van der Waals surface area contributed by atoms with E-state index in [1.165, 1.54) is 18.2 Å². The molecule has 0 aliphatic rings. The highest BCUT2D eigenvalue weighted by Gasteiger charge is 2.26. The molecule has 0 aromatic heterocycles. The number of alkyl halides is 1. The van der Waals surface area contributed by atoms with Crippen LogP contribution in [0.15, 0.2) is 22.7 Å². The summed E-state index contributed by atoms with van der Waals surface area (Å²) in [5.74, 6) is -0.124. The summed E-state index contributed by atoms with van der Waals surface area (Å²) in [4.78, 5) is 12.2. The van der Waals surface area contributed by atoms with Gasteiger partial charge in [-0.05, 0) is 46.0 Å². The molecule has 0 aliphatic heterocycles. The van der Waals surface area contributed by atoms with Gasteiger partial charge in [0.2, 0.25) is 0 Å². The average molecular weight is 351 g/mol. The van der Waals surface area contributed by atoms with Gasteiger partial charge in [-0.3, -0.25) is 4.79 Å². The van der Waals surface area contributed by atoms with Crippen molar-refractivity contribution in [3.05, 3.63) is 34.1 Å². The molecule has 0 bridgehead atoms. The molecular formula is C14H18BrClFNO. The number of halogens is 3. The van der Waals surface area contributed by atoms with Crippen LogP contribution in [0.2, 0.25) is 0 Å². The molecule has 1 aromatic rings. The molecule has 0 spiro atoms. The monoisotopic (exact) mass is 349 g/mol. The van der Waals surface area contributed by atoms with E-state index in [4.69, 9.17) is 11.6 Å². The van der Waals surface area contributed by atoms with Crippen LogP contribution in [0.25, 0.3) is 0 Å². The van der Waals surface area contributed by atoms with Gasteiger partial charge in [0.15, 0.2) is 0 Å². The molecule has 19 heavy (non-hydrogen) atoms. The summed E-state index contributed by atoms with van der Waals surface area (Å²) < 4.78 is 13.5. The van der Waals surface area contributed by atoms with Crippen LogP contribution in [-0.4, -0.2) is 17.8 Å². The SMILES string of the molecule is CC(C)(C)C(CCCl)NC(=O)c1ccc(F)cc1Br. The molecular weight excluding hydrogens is 333 g/mol. The van der Waals surface area contributed by atoms with Crippen molar-refractivity contribution >= 4 is 33.4 Å². The molecule has 1 atom stereocenters. The van der Waals surface area contributed by atoms with Gasteiger partial charge < -0.3 is 5.32 Å². The van der Waals surface area contributed by atoms with Crippen LogP contribution in [0.1, 0.15) is 37.6 Å². The third kappa shape index (κ3) is 4.77. The number of hydrogen-bond donors (Lipinski definition) is 1. The fourth-order valence-corrected chi connectivity index (χ4v) is 2.49. The predicted octanol–water partition coefficient (Wildman–Crippen LogP) is 4.36. The first-order chi connectivity index (χ1) is 8.75. The second-order valence-electron chi connectivity index (χ2n) is 5.49. The van der Waals surface area contributed by atoms with Crippen LogP contribution in [0, 0.1) is 11.2 Å². The molecule has 0 radical (unpaired) electrons. The zero-order chi connectivity index (χ0) is 14.6. The van der Waals surface area contributed by atoms with Gasteiger partial charge in [-0.25, -0.2) is 4.39 Å². The van der Waals surface area contributed by atoms with E-state index in [0.717, 1.165) is 0 Å². The maximum Gasteiger partial charge on any atom is 0.252 e. The molecule has 0 saturated carbocycles. The van der Waals surface area contributed by atoms with E-state index in [1.807, 2.05) is 20.8 Å². The number of benzene rings is 1. The first-order valence-electron chi connectivity index (χ1n) is 6.07. The van der Waals surface area contributed by atoms with Gasteiger partial charge in [0.1, 0.15) is 5.82 Å². The summed E-state index contributed by atoms with van der Waals surface area (Å²) in [6, 6.07) is 3.99. The molecule has 1 amide bonds. The van der Waals surface area contributed by atoms with Crippen LogP contribution < -0.4 is 5.32 Å². The Morgan fingerprint density at radius 1 is 1.47 bits per heavy atom. The Morgan fingerprint density at radius 2 is 2.11 bits per heavy atom. The fraction of sp³-hybridized carbons (Fsp3) is 0.500. The second kappa shape index (κ2) is 6.71. The molecule has 0 heterocycles. The van der Waals surface area contributed by atoms with E-state index < -0.39 is 0 Å². The van der Waals surface area contributed by atoms with E-state index in [2.05, 4.69) is 21.2 Å². The van der Waals surface area contributed by atoms with Crippen LogP contribution in [0.5, 0.6) is 0 Å². The molecule has 1 unspecified atom stereocenters. The Morgan fingerprint density at radius 3 is 2.58 bits per heavy atom. The predicted molar refractivity (Wildman–Crippen MR) is 80.1 cm³/mol. The van der Waals surface area contributed by atoms with Crippen LogP contribution in [0.4, 0.5) is 4.39 Å². The van der Waals surface area contributed by atoms with Gasteiger partial charge in [0.25, 0.3) is 5.91 Å². The Kier molecular flexibility index (Phi) is 5.81. The van der Waals surface area contributed by atoms with Gasteiger partial charge in [0.05, 0.1) is 5.56 Å². The second-order valence-corrected chi connectivity index (χ2v) is 6.73. The van der Waals surface area contributed by atoms with Crippen LogP contribution in [0.3, 0.4) is 0 Å². The molecule has 1 aromatic carbocycles. The van der Waals surface area contributed by atoms with Crippen molar-refractivity contribution in [2.45, 2.75) is 33.2 Å². The third-order valence-corrected chi connectivity index (χ3v) is 3.80. The van der Waals surface area contributed by atoms with Crippen molar-refractivity contribution in [3.8, 4) is 0 Å². The first kappa shape index (κ1) is 16.4. The van der Waals surface area contributed by atoms with E-state index in [1.54, 1.807) is 0 Å². The number of hydrogen-bond acceptors (Lipinski definition) is 1. The largest absolute Gasteiger partial charge is 0.349 e. The van der Waals surface area contributed by atoms with Crippen molar-refractivity contribution < 1.29 is 9.18 Å². The summed E-state index contributed by atoms with van der Waals surface area (Å²) in [7, 11) is 0.